The second-order valence-corrected chi connectivity index (χ2v) is 6.57. The van der Waals surface area contributed by atoms with Crippen LogP contribution in [-0.2, 0) is 4.74 Å². The molecule has 0 spiro atoms. The van der Waals surface area contributed by atoms with Gasteiger partial charge in [-0.15, -0.1) is 11.3 Å². The maximum Gasteiger partial charge on any atom is 0.189 e. The molecule has 2 heterocycles. The Morgan fingerprint density at radius 2 is 2.42 bits per heavy atom. The molecule has 0 bridgehead atoms. The fourth-order valence-corrected chi connectivity index (χ4v) is 3.57. The van der Waals surface area contributed by atoms with Crippen molar-refractivity contribution in [3.05, 3.63) is 21.3 Å². The number of likely N-dealkylation sites (tertiary alicyclic amines) is 1. The minimum Gasteiger partial charge on any atom is -0.377 e. The second-order valence-electron chi connectivity index (χ2n) is 4.86. The predicted octanol–water partition coefficient (Wildman–Crippen LogP) is 3.47. The number of ketones is 1. The SMILES string of the molecule is CCOC1CCCN(C(C)C(=O)c2ccc(Cl)s2)C1. The molecule has 0 radical (unpaired) electrons. The van der Waals surface area contributed by atoms with Crippen LogP contribution < -0.4 is 0 Å². The maximum atomic E-state index is 12.4. The van der Waals surface area contributed by atoms with Crippen LogP contribution in [0.25, 0.3) is 0 Å². The number of piperidine rings is 1. The van der Waals surface area contributed by atoms with E-state index in [4.69, 9.17) is 16.3 Å². The first kappa shape index (κ1) is 15.0. The third-order valence-corrected chi connectivity index (χ3v) is 4.80. The Balaban J connectivity index is 1.98. The molecule has 2 atom stereocenters. The first-order valence-electron chi connectivity index (χ1n) is 6.77. The Hall–Kier alpha value is -0.420. The van der Waals surface area contributed by atoms with Crippen molar-refractivity contribution in [2.75, 3.05) is 19.7 Å². The number of hydrogen-bond donors (Lipinski definition) is 0. The number of rotatable bonds is 5. The normalized spacial score (nSPS) is 22.4. The van der Waals surface area contributed by atoms with Crippen molar-refractivity contribution in [3.63, 3.8) is 0 Å². The number of hydrogen-bond acceptors (Lipinski definition) is 4. The number of carbonyl (C=O) groups excluding carboxylic acids is 1. The summed E-state index contributed by atoms with van der Waals surface area (Å²) in [6.45, 7) is 6.54. The van der Waals surface area contributed by atoms with Gasteiger partial charge in [0.15, 0.2) is 5.78 Å². The molecule has 0 aliphatic carbocycles. The highest BCUT2D eigenvalue weighted by molar-refractivity contribution is 7.18. The zero-order valence-corrected chi connectivity index (χ0v) is 13.0. The lowest BCUT2D eigenvalue weighted by Gasteiger charge is -2.35. The average molecular weight is 302 g/mol. The minimum atomic E-state index is -0.0991. The van der Waals surface area contributed by atoms with Crippen molar-refractivity contribution < 1.29 is 9.53 Å². The number of halogens is 1. The van der Waals surface area contributed by atoms with Crippen molar-refractivity contribution in [2.24, 2.45) is 0 Å². The van der Waals surface area contributed by atoms with Crippen molar-refractivity contribution in [3.8, 4) is 0 Å². The molecular formula is C14H20ClNO2S. The van der Waals surface area contributed by atoms with Crippen LogP contribution in [0.1, 0.15) is 36.4 Å². The van der Waals surface area contributed by atoms with Gasteiger partial charge in [0.05, 0.1) is 21.4 Å². The van der Waals surface area contributed by atoms with Gasteiger partial charge in [-0.05, 0) is 45.4 Å². The smallest absolute Gasteiger partial charge is 0.189 e. The summed E-state index contributed by atoms with van der Waals surface area (Å²) < 4.78 is 6.35. The molecular weight excluding hydrogens is 282 g/mol. The molecule has 1 fully saturated rings. The molecule has 0 amide bonds. The summed E-state index contributed by atoms with van der Waals surface area (Å²) in [5.41, 5.74) is 0. The van der Waals surface area contributed by atoms with E-state index < -0.39 is 0 Å². The molecule has 3 nitrogen and oxygen atoms in total. The molecule has 106 valence electrons. The van der Waals surface area contributed by atoms with Crippen LogP contribution >= 0.6 is 22.9 Å². The molecule has 19 heavy (non-hydrogen) atoms. The van der Waals surface area contributed by atoms with Gasteiger partial charge in [-0.1, -0.05) is 11.6 Å². The van der Waals surface area contributed by atoms with E-state index >= 15 is 0 Å². The lowest BCUT2D eigenvalue weighted by molar-refractivity contribution is -0.00284. The van der Waals surface area contributed by atoms with E-state index in [1.54, 1.807) is 6.07 Å². The molecule has 0 aromatic carbocycles. The molecule has 5 heteroatoms. The van der Waals surface area contributed by atoms with E-state index in [0.29, 0.717) is 4.34 Å². The Bertz CT molecular complexity index is 433. The summed E-state index contributed by atoms with van der Waals surface area (Å²) in [5.74, 6) is 0.161. The fourth-order valence-electron chi connectivity index (χ4n) is 2.51. The van der Waals surface area contributed by atoms with Crippen molar-refractivity contribution >= 4 is 28.7 Å². The highest BCUT2D eigenvalue weighted by Crippen LogP contribution is 2.25. The number of Topliss-reactive ketones (excluding diaryl/α,β-unsaturated/α-hetero) is 1. The van der Waals surface area contributed by atoms with Crippen molar-refractivity contribution in [1.29, 1.82) is 0 Å². The molecule has 2 rings (SSSR count). The summed E-state index contributed by atoms with van der Waals surface area (Å²) in [5, 5.41) is 0. The lowest BCUT2D eigenvalue weighted by Crippen LogP contribution is -2.47. The van der Waals surface area contributed by atoms with Gasteiger partial charge in [-0.2, -0.15) is 0 Å². The van der Waals surface area contributed by atoms with Gasteiger partial charge in [-0.25, -0.2) is 0 Å². The van der Waals surface area contributed by atoms with Crippen LogP contribution in [0.3, 0.4) is 0 Å². The molecule has 1 saturated heterocycles. The number of thiophene rings is 1. The van der Waals surface area contributed by atoms with Crippen LogP contribution in [-0.4, -0.2) is 42.5 Å². The third-order valence-electron chi connectivity index (χ3n) is 3.56. The topological polar surface area (TPSA) is 29.5 Å². The highest BCUT2D eigenvalue weighted by Gasteiger charge is 2.28. The summed E-state index contributed by atoms with van der Waals surface area (Å²) in [7, 11) is 0. The van der Waals surface area contributed by atoms with Gasteiger partial charge in [0.2, 0.25) is 0 Å². The van der Waals surface area contributed by atoms with Gasteiger partial charge in [0, 0.05) is 13.2 Å². The Morgan fingerprint density at radius 3 is 3.05 bits per heavy atom. The van der Waals surface area contributed by atoms with Gasteiger partial charge in [0.25, 0.3) is 0 Å². The fraction of sp³-hybridized carbons (Fsp3) is 0.643. The first-order chi connectivity index (χ1) is 9.11. The van der Waals surface area contributed by atoms with Gasteiger partial charge >= 0.3 is 0 Å². The van der Waals surface area contributed by atoms with E-state index in [-0.39, 0.29) is 17.9 Å². The third kappa shape index (κ3) is 3.78. The van der Waals surface area contributed by atoms with Crippen molar-refractivity contribution in [2.45, 2.75) is 38.8 Å². The van der Waals surface area contributed by atoms with Gasteiger partial charge in [0.1, 0.15) is 0 Å². The molecule has 2 unspecified atom stereocenters. The maximum absolute atomic E-state index is 12.4. The lowest BCUT2D eigenvalue weighted by atomic mass is 10.0. The molecule has 1 aliphatic rings. The number of nitrogens with zero attached hydrogens (tertiary/aromatic N) is 1. The summed E-state index contributed by atoms with van der Waals surface area (Å²) >= 11 is 7.25. The molecule has 0 N–H and O–H groups in total. The van der Waals surface area contributed by atoms with Crippen LogP contribution in [0.2, 0.25) is 4.34 Å². The minimum absolute atomic E-state index is 0.0991. The zero-order valence-electron chi connectivity index (χ0n) is 11.4. The zero-order chi connectivity index (χ0) is 13.8. The van der Waals surface area contributed by atoms with E-state index in [9.17, 15) is 4.79 Å². The Morgan fingerprint density at radius 1 is 1.63 bits per heavy atom. The largest absolute Gasteiger partial charge is 0.377 e. The van der Waals surface area contributed by atoms with Crippen LogP contribution in [0.4, 0.5) is 0 Å². The predicted molar refractivity (Wildman–Crippen MR) is 79.3 cm³/mol. The van der Waals surface area contributed by atoms with Crippen molar-refractivity contribution in [1.82, 2.24) is 4.90 Å². The average Bonchev–Trinajstić information content (AvgIpc) is 2.84. The van der Waals surface area contributed by atoms with E-state index in [0.717, 1.165) is 37.4 Å². The second kappa shape index (κ2) is 6.84. The van der Waals surface area contributed by atoms with Gasteiger partial charge in [-0.3, -0.25) is 9.69 Å². The van der Waals surface area contributed by atoms with E-state index in [1.165, 1.54) is 11.3 Å². The van der Waals surface area contributed by atoms with Crippen LogP contribution in [0.15, 0.2) is 12.1 Å². The van der Waals surface area contributed by atoms with E-state index in [2.05, 4.69) is 4.90 Å². The number of carbonyl (C=O) groups is 1. The highest BCUT2D eigenvalue weighted by atomic mass is 35.5. The summed E-state index contributed by atoms with van der Waals surface area (Å²) in [6.07, 6.45) is 2.45. The standard InChI is InChI=1S/C14H20ClNO2S/c1-3-18-11-5-4-8-16(9-11)10(2)14(17)12-6-7-13(15)19-12/h6-7,10-11H,3-5,8-9H2,1-2H3. The summed E-state index contributed by atoms with van der Waals surface area (Å²) in [6, 6.07) is 3.50. The molecule has 0 saturated carbocycles. The molecule has 1 aromatic rings. The van der Waals surface area contributed by atoms with Crippen LogP contribution in [0.5, 0.6) is 0 Å². The van der Waals surface area contributed by atoms with E-state index in [1.807, 2.05) is 19.9 Å². The monoisotopic (exact) mass is 301 g/mol. The Labute approximate surface area is 123 Å². The first-order valence-corrected chi connectivity index (χ1v) is 7.96. The Kier molecular flexibility index (Phi) is 5.39. The summed E-state index contributed by atoms with van der Waals surface area (Å²) in [4.78, 5) is 15.4. The molecule has 1 aliphatic heterocycles. The number of ether oxygens (including phenoxy) is 1. The van der Waals surface area contributed by atoms with Crippen LogP contribution in [0, 0.1) is 0 Å². The quantitative estimate of drug-likeness (QED) is 0.780. The molecule has 1 aromatic heterocycles. The van der Waals surface area contributed by atoms with Gasteiger partial charge < -0.3 is 4.74 Å².